The summed E-state index contributed by atoms with van der Waals surface area (Å²) in [6.07, 6.45) is 5.13. The zero-order valence-electron chi connectivity index (χ0n) is 16.0. The first kappa shape index (κ1) is 20.8. The van der Waals surface area contributed by atoms with Gasteiger partial charge in [0.1, 0.15) is 6.04 Å². The summed E-state index contributed by atoms with van der Waals surface area (Å²) in [6, 6.07) is 10.3. The first-order valence-corrected chi connectivity index (χ1v) is 9.38. The zero-order valence-corrected chi connectivity index (χ0v) is 16.8. The second kappa shape index (κ2) is 9.50. The van der Waals surface area contributed by atoms with Crippen molar-refractivity contribution in [3.8, 4) is 23.4 Å². The molecule has 1 atom stereocenters. The molecule has 150 valence electrons. The fourth-order valence-corrected chi connectivity index (χ4v) is 2.85. The minimum atomic E-state index is -0.638. The highest BCUT2D eigenvalue weighted by Crippen LogP contribution is 2.29. The van der Waals surface area contributed by atoms with Gasteiger partial charge in [0, 0.05) is 17.3 Å². The van der Waals surface area contributed by atoms with Crippen LogP contribution in [0.5, 0.6) is 0 Å². The van der Waals surface area contributed by atoms with Crippen LogP contribution >= 0.6 is 11.6 Å². The van der Waals surface area contributed by atoms with Crippen LogP contribution in [-0.4, -0.2) is 31.7 Å². The highest BCUT2D eigenvalue weighted by Gasteiger charge is 2.18. The van der Waals surface area contributed by atoms with Gasteiger partial charge in [0.2, 0.25) is 5.95 Å². The van der Waals surface area contributed by atoms with E-state index in [9.17, 15) is 4.79 Å². The molecule has 2 N–H and O–H groups in total. The van der Waals surface area contributed by atoms with E-state index in [2.05, 4.69) is 31.8 Å². The Morgan fingerprint density at radius 2 is 2.10 bits per heavy atom. The van der Waals surface area contributed by atoms with Crippen LogP contribution < -0.4 is 10.6 Å². The molecule has 9 nitrogen and oxygen atoms in total. The minimum absolute atomic E-state index is 0.273. The van der Waals surface area contributed by atoms with E-state index in [-0.39, 0.29) is 11.0 Å². The maximum atomic E-state index is 12.6. The third kappa shape index (κ3) is 4.90. The first-order chi connectivity index (χ1) is 14.5. The van der Waals surface area contributed by atoms with Crippen LogP contribution in [0.25, 0.3) is 11.3 Å². The Bertz CT molecular complexity index is 1140. The van der Waals surface area contributed by atoms with Gasteiger partial charge >= 0.3 is 0 Å². The lowest BCUT2D eigenvalue weighted by Gasteiger charge is -2.12. The van der Waals surface area contributed by atoms with Crippen LogP contribution in [0.2, 0.25) is 5.02 Å². The normalized spacial score (nSPS) is 11.2. The molecule has 0 fully saturated rings. The molecular formula is C20H17ClN8O. The summed E-state index contributed by atoms with van der Waals surface area (Å²) in [5.74, 6) is -0.127. The zero-order chi connectivity index (χ0) is 21.5. The van der Waals surface area contributed by atoms with E-state index < -0.39 is 11.9 Å². The Labute approximate surface area is 177 Å². The van der Waals surface area contributed by atoms with Crippen molar-refractivity contribution < 1.29 is 4.79 Å². The maximum Gasteiger partial charge on any atom is 0.252 e. The van der Waals surface area contributed by atoms with Crippen molar-refractivity contribution in [3.05, 3.63) is 53.4 Å². The molecule has 0 aliphatic heterocycles. The van der Waals surface area contributed by atoms with Crippen LogP contribution in [0.4, 0.5) is 11.6 Å². The third-order valence-electron chi connectivity index (χ3n) is 4.05. The van der Waals surface area contributed by atoms with Gasteiger partial charge in [-0.1, -0.05) is 29.8 Å². The Hall–Kier alpha value is -3.95. The Balaban J connectivity index is 1.89. The van der Waals surface area contributed by atoms with E-state index in [1.165, 1.54) is 6.20 Å². The van der Waals surface area contributed by atoms with E-state index in [1.807, 2.05) is 6.07 Å². The molecule has 3 rings (SSSR count). The summed E-state index contributed by atoms with van der Waals surface area (Å²) in [4.78, 5) is 21.2. The van der Waals surface area contributed by atoms with Gasteiger partial charge < -0.3 is 10.6 Å². The van der Waals surface area contributed by atoms with Crippen molar-refractivity contribution in [2.24, 2.45) is 0 Å². The van der Waals surface area contributed by atoms with Gasteiger partial charge in [-0.05, 0) is 13.0 Å². The molecule has 3 aromatic rings. The fourth-order valence-electron chi connectivity index (χ4n) is 2.65. The van der Waals surface area contributed by atoms with Gasteiger partial charge in [0.15, 0.2) is 0 Å². The number of nitriles is 2. The van der Waals surface area contributed by atoms with E-state index >= 15 is 0 Å². The molecule has 2 heterocycles. The number of rotatable bonds is 7. The summed E-state index contributed by atoms with van der Waals surface area (Å²) in [5, 5.41) is 27.7. The predicted molar refractivity (Wildman–Crippen MR) is 111 cm³/mol. The van der Waals surface area contributed by atoms with Gasteiger partial charge in [-0.25, -0.2) is 9.97 Å². The number of nitrogens with one attached hydrogen (secondary N) is 2. The van der Waals surface area contributed by atoms with Crippen molar-refractivity contribution in [2.75, 3.05) is 5.32 Å². The molecule has 0 aliphatic rings. The molecule has 2 aromatic heterocycles. The number of hydrogen-bond acceptors (Lipinski definition) is 7. The summed E-state index contributed by atoms with van der Waals surface area (Å²) in [7, 11) is 0. The predicted octanol–water partition coefficient (Wildman–Crippen LogP) is 3.29. The van der Waals surface area contributed by atoms with Crippen LogP contribution in [0.1, 0.15) is 23.7 Å². The van der Waals surface area contributed by atoms with Crippen molar-refractivity contribution in [1.82, 2.24) is 25.1 Å². The molecular weight excluding hydrogens is 404 g/mol. The largest absolute Gasteiger partial charge is 0.337 e. The number of amides is 1. The van der Waals surface area contributed by atoms with Gasteiger partial charge in [0.25, 0.3) is 5.91 Å². The standard InChI is InChI=1S/C20H17ClN8O/c1-13(9-23)26-19(30)16-6-3-2-5-15(16)18-17(21)11-24-20(28-18)27-14-10-25-29(12-14)8-4-7-22/h2-3,5-6,10-13H,4,8H2,1H3,(H,26,30)(H,24,27,28). The van der Waals surface area contributed by atoms with Crippen LogP contribution in [0, 0.1) is 22.7 Å². The monoisotopic (exact) mass is 420 g/mol. The van der Waals surface area contributed by atoms with E-state index in [4.69, 9.17) is 22.1 Å². The molecule has 0 spiro atoms. The van der Waals surface area contributed by atoms with Gasteiger partial charge in [-0.3, -0.25) is 9.48 Å². The number of aryl methyl sites for hydroxylation is 1. The smallest absolute Gasteiger partial charge is 0.252 e. The number of benzene rings is 1. The maximum absolute atomic E-state index is 12.6. The van der Waals surface area contributed by atoms with E-state index in [0.717, 1.165) is 0 Å². The fraction of sp³-hybridized carbons (Fsp3) is 0.200. The lowest BCUT2D eigenvalue weighted by molar-refractivity contribution is 0.0948. The number of aromatic nitrogens is 4. The topological polar surface area (TPSA) is 132 Å². The minimum Gasteiger partial charge on any atom is -0.337 e. The van der Waals surface area contributed by atoms with Gasteiger partial charge in [0.05, 0.1) is 53.9 Å². The number of halogens is 1. The average Bonchev–Trinajstić information content (AvgIpc) is 3.20. The number of carbonyl (C=O) groups is 1. The molecule has 0 radical (unpaired) electrons. The Kier molecular flexibility index (Phi) is 6.58. The molecule has 1 amide bonds. The van der Waals surface area contributed by atoms with Crippen molar-refractivity contribution >= 4 is 29.1 Å². The van der Waals surface area contributed by atoms with Crippen molar-refractivity contribution in [3.63, 3.8) is 0 Å². The summed E-state index contributed by atoms with van der Waals surface area (Å²) in [5.41, 5.74) is 1.88. The van der Waals surface area contributed by atoms with E-state index in [0.29, 0.717) is 35.5 Å². The number of anilines is 2. The molecule has 10 heteroatoms. The molecule has 1 aromatic carbocycles. The summed E-state index contributed by atoms with van der Waals surface area (Å²) in [6.45, 7) is 2.07. The second-order valence-corrected chi connectivity index (χ2v) is 6.69. The van der Waals surface area contributed by atoms with Crippen LogP contribution in [0.15, 0.2) is 42.9 Å². The van der Waals surface area contributed by atoms with Gasteiger partial charge in [-0.2, -0.15) is 15.6 Å². The van der Waals surface area contributed by atoms with E-state index in [1.54, 1.807) is 48.3 Å². The van der Waals surface area contributed by atoms with Crippen molar-refractivity contribution in [1.29, 1.82) is 10.5 Å². The quantitative estimate of drug-likeness (QED) is 0.599. The second-order valence-electron chi connectivity index (χ2n) is 6.29. The Morgan fingerprint density at radius 1 is 1.30 bits per heavy atom. The first-order valence-electron chi connectivity index (χ1n) is 9.00. The molecule has 0 bridgehead atoms. The highest BCUT2D eigenvalue weighted by molar-refractivity contribution is 6.33. The lowest BCUT2D eigenvalue weighted by atomic mass is 10.0. The van der Waals surface area contributed by atoms with Crippen molar-refractivity contribution in [2.45, 2.75) is 25.9 Å². The molecule has 0 saturated heterocycles. The lowest BCUT2D eigenvalue weighted by Crippen LogP contribution is -2.31. The number of hydrogen-bond donors (Lipinski definition) is 2. The van der Waals surface area contributed by atoms with Crippen LogP contribution in [-0.2, 0) is 6.54 Å². The average molecular weight is 421 g/mol. The van der Waals surface area contributed by atoms with Gasteiger partial charge in [-0.15, -0.1) is 0 Å². The number of nitrogens with zero attached hydrogens (tertiary/aromatic N) is 6. The Morgan fingerprint density at radius 3 is 2.87 bits per heavy atom. The highest BCUT2D eigenvalue weighted by atomic mass is 35.5. The SMILES string of the molecule is CC(C#N)NC(=O)c1ccccc1-c1nc(Nc2cnn(CCC#N)c2)ncc1Cl. The summed E-state index contributed by atoms with van der Waals surface area (Å²) >= 11 is 6.32. The molecule has 1 unspecified atom stereocenters. The molecule has 0 aliphatic carbocycles. The third-order valence-corrected chi connectivity index (χ3v) is 4.33. The van der Waals surface area contributed by atoms with Crippen LogP contribution in [0.3, 0.4) is 0 Å². The summed E-state index contributed by atoms with van der Waals surface area (Å²) < 4.78 is 1.64. The number of carbonyl (C=O) groups excluding carboxylic acids is 1. The molecule has 30 heavy (non-hydrogen) atoms. The molecule has 0 saturated carbocycles.